The molecule has 2 aromatic rings. The van der Waals surface area contributed by atoms with E-state index in [0.717, 1.165) is 24.4 Å². The van der Waals surface area contributed by atoms with Crippen molar-refractivity contribution in [3.8, 4) is 11.5 Å². The van der Waals surface area contributed by atoms with Crippen LogP contribution in [0, 0.1) is 0 Å². The molecule has 0 unspecified atom stereocenters. The third kappa shape index (κ3) is 3.50. The van der Waals surface area contributed by atoms with Gasteiger partial charge in [-0.25, -0.2) is 0 Å². The summed E-state index contributed by atoms with van der Waals surface area (Å²) in [5.41, 5.74) is 2.37. The number of aromatic hydroxyl groups is 1. The maximum absolute atomic E-state index is 9.18. The van der Waals surface area contributed by atoms with E-state index >= 15 is 0 Å². The van der Waals surface area contributed by atoms with E-state index in [1.165, 1.54) is 5.56 Å². The molecule has 2 aromatic carbocycles. The number of hydrogen-bond donors (Lipinski definition) is 2. The Morgan fingerprint density at radius 1 is 0.889 bits per heavy atom. The smallest absolute Gasteiger partial charge is 0.118 e. The van der Waals surface area contributed by atoms with E-state index < -0.39 is 0 Å². The van der Waals surface area contributed by atoms with Crippen molar-refractivity contribution in [2.75, 3.05) is 7.11 Å². The van der Waals surface area contributed by atoms with Crippen molar-refractivity contribution < 1.29 is 9.84 Å². The van der Waals surface area contributed by atoms with E-state index in [9.17, 15) is 5.11 Å². The van der Waals surface area contributed by atoms with Crippen molar-refractivity contribution in [3.05, 3.63) is 59.7 Å². The molecule has 0 amide bonds. The summed E-state index contributed by atoms with van der Waals surface area (Å²) in [4.78, 5) is 0. The van der Waals surface area contributed by atoms with Gasteiger partial charge in [0.25, 0.3) is 0 Å². The molecular weight excluding hydrogens is 226 g/mol. The van der Waals surface area contributed by atoms with Crippen LogP contribution in [0.1, 0.15) is 11.1 Å². The number of ether oxygens (including phenoxy) is 1. The first-order valence-corrected chi connectivity index (χ1v) is 5.89. The molecule has 0 aromatic heterocycles. The zero-order chi connectivity index (χ0) is 12.8. The summed E-state index contributed by atoms with van der Waals surface area (Å²) in [6.07, 6.45) is 0. The van der Waals surface area contributed by atoms with Gasteiger partial charge in [0, 0.05) is 13.1 Å². The van der Waals surface area contributed by atoms with Crippen molar-refractivity contribution >= 4 is 0 Å². The van der Waals surface area contributed by atoms with E-state index in [-0.39, 0.29) is 0 Å². The molecule has 0 saturated carbocycles. The summed E-state index contributed by atoms with van der Waals surface area (Å²) in [5.74, 6) is 1.17. The highest BCUT2D eigenvalue weighted by atomic mass is 16.5. The molecule has 2 N–H and O–H groups in total. The van der Waals surface area contributed by atoms with E-state index in [1.54, 1.807) is 19.2 Å². The lowest BCUT2D eigenvalue weighted by molar-refractivity contribution is 0.414. The van der Waals surface area contributed by atoms with Gasteiger partial charge in [-0.05, 0) is 35.4 Å². The third-order valence-corrected chi connectivity index (χ3v) is 2.75. The number of nitrogens with one attached hydrogen (secondary N) is 1. The van der Waals surface area contributed by atoms with Crippen LogP contribution in [-0.2, 0) is 13.1 Å². The van der Waals surface area contributed by atoms with Gasteiger partial charge in [0.05, 0.1) is 7.11 Å². The Balaban J connectivity index is 1.82. The minimum absolute atomic E-state index is 0.300. The van der Waals surface area contributed by atoms with Crippen molar-refractivity contribution in [1.29, 1.82) is 0 Å². The lowest BCUT2D eigenvalue weighted by atomic mass is 10.2. The van der Waals surface area contributed by atoms with Crippen molar-refractivity contribution in [2.24, 2.45) is 0 Å². The van der Waals surface area contributed by atoms with Crippen molar-refractivity contribution in [1.82, 2.24) is 5.32 Å². The fraction of sp³-hybridized carbons (Fsp3) is 0.200. The van der Waals surface area contributed by atoms with E-state index in [4.69, 9.17) is 4.74 Å². The van der Waals surface area contributed by atoms with Crippen LogP contribution < -0.4 is 10.1 Å². The fourth-order valence-corrected chi connectivity index (χ4v) is 1.71. The lowest BCUT2D eigenvalue weighted by Crippen LogP contribution is -2.12. The minimum Gasteiger partial charge on any atom is -0.508 e. The second-order valence-electron chi connectivity index (χ2n) is 4.12. The van der Waals surface area contributed by atoms with Gasteiger partial charge in [-0.2, -0.15) is 0 Å². The first-order chi connectivity index (χ1) is 8.78. The Labute approximate surface area is 107 Å². The molecule has 0 spiro atoms. The molecule has 2 rings (SSSR count). The molecule has 0 saturated heterocycles. The van der Waals surface area contributed by atoms with Crippen molar-refractivity contribution in [2.45, 2.75) is 13.1 Å². The van der Waals surface area contributed by atoms with Gasteiger partial charge in [0.1, 0.15) is 11.5 Å². The number of hydrogen-bond acceptors (Lipinski definition) is 3. The predicted molar refractivity (Wildman–Crippen MR) is 71.6 cm³/mol. The van der Waals surface area contributed by atoms with Crippen LogP contribution in [0.25, 0.3) is 0 Å². The first kappa shape index (κ1) is 12.5. The molecular formula is C15H17NO2. The van der Waals surface area contributed by atoms with E-state index in [0.29, 0.717) is 5.75 Å². The molecule has 0 heterocycles. The standard InChI is InChI=1S/C15H17NO2/c1-18-15-8-4-13(5-9-15)11-16-10-12-2-6-14(17)7-3-12/h2-9,16-17H,10-11H2,1H3. The van der Waals surface area contributed by atoms with Crippen LogP contribution in [0.15, 0.2) is 48.5 Å². The van der Waals surface area contributed by atoms with Gasteiger partial charge in [-0.15, -0.1) is 0 Å². The SMILES string of the molecule is COc1ccc(CNCc2ccc(O)cc2)cc1. The van der Waals surface area contributed by atoms with Crippen LogP contribution in [0.5, 0.6) is 11.5 Å². The van der Waals surface area contributed by atoms with Crippen molar-refractivity contribution in [3.63, 3.8) is 0 Å². The molecule has 3 heteroatoms. The highest BCUT2D eigenvalue weighted by Crippen LogP contribution is 2.12. The fourth-order valence-electron chi connectivity index (χ4n) is 1.71. The average molecular weight is 243 g/mol. The van der Waals surface area contributed by atoms with Crippen LogP contribution in [0.4, 0.5) is 0 Å². The molecule has 3 nitrogen and oxygen atoms in total. The Bertz CT molecular complexity index is 477. The topological polar surface area (TPSA) is 41.5 Å². The van der Waals surface area contributed by atoms with Crippen LogP contribution >= 0.6 is 0 Å². The number of phenols is 1. The summed E-state index contributed by atoms with van der Waals surface area (Å²) >= 11 is 0. The largest absolute Gasteiger partial charge is 0.508 e. The molecule has 18 heavy (non-hydrogen) atoms. The summed E-state index contributed by atoms with van der Waals surface area (Å²) in [6, 6.07) is 15.2. The molecule has 0 fully saturated rings. The summed E-state index contributed by atoms with van der Waals surface area (Å²) in [5, 5.41) is 12.5. The number of rotatable bonds is 5. The molecule has 94 valence electrons. The van der Waals surface area contributed by atoms with Crippen LogP contribution in [-0.4, -0.2) is 12.2 Å². The Morgan fingerprint density at radius 2 is 1.39 bits per heavy atom. The van der Waals surface area contributed by atoms with Gasteiger partial charge in [-0.3, -0.25) is 0 Å². The highest BCUT2D eigenvalue weighted by molar-refractivity contribution is 5.28. The van der Waals surface area contributed by atoms with Gasteiger partial charge in [0.2, 0.25) is 0 Å². The Kier molecular flexibility index (Phi) is 4.20. The summed E-state index contributed by atoms with van der Waals surface area (Å²) < 4.78 is 5.11. The summed E-state index contributed by atoms with van der Waals surface area (Å²) in [7, 11) is 1.66. The van der Waals surface area contributed by atoms with Crippen LogP contribution in [0.2, 0.25) is 0 Å². The predicted octanol–water partition coefficient (Wildman–Crippen LogP) is 2.69. The monoisotopic (exact) mass is 243 g/mol. The highest BCUT2D eigenvalue weighted by Gasteiger charge is 1.96. The molecule has 0 aliphatic carbocycles. The van der Waals surface area contributed by atoms with Gasteiger partial charge in [-0.1, -0.05) is 24.3 Å². The Morgan fingerprint density at radius 3 is 1.89 bits per heavy atom. The second-order valence-corrected chi connectivity index (χ2v) is 4.12. The maximum Gasteiger partial charge on any atom is 0.118 e. The third-order valence-electron chi connectivity index (χ3n) is 2.75. The quantitative estimate of drug-likeness (QED) is 0.848. The molecule has 0 radical (unpaired) electrons. The molecule has 0 atom stereocenters. The second kappa shape index (κ2) is 6.07. The lowest BCUT2D eigenvalue weighted by Gasteiger charge is -2.06. The average Bonchev–Trinajstić information content (AvgIpc) is 2.42. The molecule has 0 aliphatic heterocycles. The van der Waals surface area contributed by atoms with E-state index in [2.05, 4.69) is 5.32 Å². The zero-order valence-corrected chi connectivity index (χ0v) is 10.4. The number of phenolic OH excluding ortho intramolecular Hbond substituents is 1. The first-order valence-electron chi connectivity index (χ1n) is 5.89. The van der Waals surface area contributed by atoms with Gasteiger partial charge in [0.15, 0.2) is 0 Å². The number of benzene rings is 2. The molecule has 0 aliphatic rings. The van der Waals surface area contributed by atoms with Crippen LogP contribution in [0.3, 0.4) is 0 Å². The van der Waals surface area contributed by atoms with Gasteiger partial charge >= 0.3 is 0 Å². The zero-order valence-electron chi connectivity index (χ0n) is 10.4. The number of methoxy groups -OCH3 is 1. The van der Waals surface area contributed by atoms with Gasteiger partial charge < -0.3 is 15.2 Å². The maximum atomic E-state index is 9.18. The summed E-state index contributed by atoms with van der Waals surface area (Å²) in [6.45, 7) is 1.59. The Hall–Kier alpha value is -2.00. The molecule has 0 bridgehead atoms. The normalized spacial score (nSPS) is 10.3. The van der Waals surface area contributed by atoms with E-state index in [1.807, 2.05) is 36.4 Å². The minimum atomic E-state index is 0.300.